The SMILES string of the molecule is c1ccc(-n2c3ccccc3c3ccc4c5c6c(ccc5n(-c5ccccc5)c4c32)oc2ccccc26)cc1. The topological polar surface area (TPSA) is 23.0 Å². The maximum Gasteiger partial charge on any atom is 0.136 e. The number of nitrogens with zero attached hydrogens (tertiary/aromatic N) is 2. The maximum atomic E-state index is 6.34. The van der Waals surface area contributed by atoms with Crippen LogP contribution in [0.1, 0.15) is 0 Å². The van der Waals surface area contributed by atoms with Crippen molar-refractivity contribution in [3.05, 3.63) is 133 Å². The van der Waals surface area contributed by atoms with Crippen molar-refractivity contribution in [1.29, 1.82) is 0 Å². The molecule has 3 aromatic heterocycles. The Hall–Kier alpha value is -5.28. The number of fused-ring (bicyclic) bond motifs is 11. The first-order valence-electron chi connectivity index (χ1n) is 13.3. The zero-order chi connectivity index (χ0) is 25.5. The lowest BCUT2D eigenvalue weighted by molar-refractivity contribution is 0.669. The van der Waals surface area contributed by atoms with Gasteiger partial charge in [0.05, 0.1) is 22.1 Å². The van der Waals surface area contributed by atoms with E-state index in [2.05, 4.69) is 137 Å². The molecule has 0 aliphatic heterocycles. The number of furan rings is 1. The lowest BCUT2D eigenvalue weighted by Gasteiger charge is -2.12. The second-order valence-electron chi connectivity index (χ2n) is 10.1. The van der Waals surface area contributed by atoms with E-state index in [-0.39, 0.29) is 0 Å². The second-order valence-corrected chi connectivity index (χ2v) is 10.1. The fourth-order valence-electron chi connectivity index (χ4n) is 6.54. The Balaban J connectivity index is 1.61. The van der Waals surface area contributed by atoms with Crippen molar-refractivity contribution in [1.82, 2.24) is 9.13 Å². The average molecular weight is 499 g/mol. The summed E-state index contributed by atoms with van der Waals surface area (Å²) in [6.45, 7) is 0. The first-order valence-corrected chi connectivity index (χ1v) is 13.3. The van der Waals surface area contributed by atoms with Gasteiger partial charge in [0.2, 0.25) is 0 Å². The summed E-state index contributed by atoms with van der Waals surface area (Å²) in [7, 11) is 0. The molecule has 0 saturated carbocycles. The number of hydrogen-bond donors (Lipinski definition) is 0. The van der Waals surface area contributed by atoms with Gasteiger partial charge < -0.3 is 13.6 Å². The molecular formula is C36H22N2O. The third-order valence-corrected chi connectivity index (χ3v) is 8.09. The normalized spacial score (nSPS) is 12.1. The van der Waals surface area contributed by atoms with Crippen molar-refractivity contribution in [3.63, 3.8) is 0 Å². The molecule has 39 heavy (non-hydrogen) atoms. The van der Waals surface area contributed by atoms with Gasteiger partial charge in [-0.2, -0.15) is 0 Å². The molecular weight excluding hydrogens is 476 g/mol. The highest BCUT2D eigenvalue weighted by atomic mass is 16.3. The molecule has 182 valence electrons. The van der Waals surface area contributed by atoms with Gasteiger partial charge >= 0.3 is 0 Å². The van der Waals surface area contributed by atoms with Crippen LogP contribution in [0.25, 0.3) is 76.9 Å². The molecule has 0 aliphatic carbocycles. The molecule has 9 rings (SSSR count). The summed E-state index contributed by atoms with van der Waals surface area (Å²) >= 11 is 0. The van der Waals surface area contributed by atoms with Gasteiger partial charge in [-0.25, -0.2) is 0 Å². The van der Waals surface area contributed by atoms with Crippen LogP contribution in [-0.2, 0) is 0 Å². The van der Waals surface area contributed by atoms with Gasteiger partial charge in [0.15, 0.2) is 0 Å². The van der Waals surface area contributed by atoms with Crippen molar-refractivity contribution in [2.75, 3.05) is 0 Å². The van der Waals surface area contributed by atoms with Crippen molar-refractivity contribution in [2.45, 2.75) is 0 Å². The predicted octanol–water partition coefficient (Wildman–Crippen LogP) is 9.78. The van der Waals surface area contributed by atoms with Crippen molar-refractivity contribution in [3.8, 4) is 11.4 Å². The molecule has 3 heteroatoms. The van der Waals surface area contributed by atoms with E-state index in [4.69, 9.17) is 4.42 Å². The fraction of sp³-hybridized carbons (Fsp3) is 0. The van der Waals surface area contributed by atoms with Crippen LogP contribution < -0.4 is 0 Å². The van der Waals surface area contributed by atoms with E-state index in [1.54, 1.807) is 0 Å². The Morgan fingerprint density at radius 1 is 0.359 bits per heavy atom. The molecule has 0 unspecified atom stereocenters. The van der Waals surface area contributed by atoms with Crippen LogP contribution in [0.2, 0.25) is 0 Å². The van der Waals surface area contributed by atoms with Crippen molar-refractivity contribution < 1.29 is 4.42 Å². The minimum Gasteiger partial charge on any atom is -0.456 e. The third-order valence-electron chi connectivity index (χ3n) is 8.09. The van der Waals surface area contributed by atoms with Crippen LogP contribution in [0.5, 0.6) is 0 Å². The fourth-order valence-corrected chi connectivity index (χ4v) is 6.54. The summed E-state index contributed by atoms with van der Waals surface area (Å²) in [5.74, 6) is 0. The standard InChI is InChI=1S/C36H22N2O/c1-3-11-23(12-4-1)37-29-17-9-7-15-25(29)26-19-20-28-33-30(38(36(28)35(26)37)24-13-5-2-6-14-24)21-22-32-34(33)27-16-8-10-18-31(27)39-32/h1-22H. The van der Waals surface area contributed by atoms with Crippen LogP contribution in [0.15, 0.2) is 138 Å². The van der Waals surface area contributed by atoms with Gasteiger partial charge in [-0.05, 0) is 48.5 Å². The van der Waals surface area contributed by atoms with E-state index in [0.717, 1.165) is 27.9 Å². The highest BCUT2D eigenvalue weighted by Crippen LogP contribution is 2.45. The average Bonchev–Trinajstić information content (AvgIpc) is 3.65. The lowest BCUT2D eigenvalue weighted by Crippen LogP contribution is -1.98. The lowest BCUT2D eigenvalue weighted by atomic mass is 10.0. The molecule has 0 N–H and O–H groups in total. The molecule has 0 fully saturated rings. The zero-order valence-corrected chi connectivity index (χ0v) is 21.0. The monoisotopic (exact) mass is 498 g/mol. The summed E-state index contributed by atoms with van der Waals surface area (Å²) in [5.41, 5.74) is 8.91. The maximum absolute atomic E-state index is 6.34. The summed E-state index contributed by atoms with van der Waals surface area (Å²) in [5, 5.41) is 7.26. The molecule has 6 aromatic carbocycles. The van der Waals surface area contributed by atoms with Crippen LogP contribution in [0, 0.1) is 0 Å². The van der Waals surface area contributed by atoms with E-state index in [9.17, 15) is 0 Å². The smallest absolute Gasteiger partial charge is 0.136 e. The Morgan fingerprint density at radius 2 is 0.949 bits per heavy atom. The van der Waals surface area contributed by atoms with Crippen LogP contribution in [0.4, 0.5) is 0 Å². The molecule has 0 spiro atoms. The third kappa shape index (κ3) is 2.71. The quantitative estimate of drug-likeness (QED) is 0.233. The van der Waals surface area contributed by atoms with Crippen molar-refractivity contribution in [2.24, 2.45) is 0 Å². The summed E-state index contributed by atoms with van der Waals surface area (Å²) in [6.07, 6.45) is 0. The summed E-state index contributed by atoms with van der Waals surface area (Å²) < 4.78 is 11.2. The Morgan fingerprint density at radius 3 is 1.72 bits per heavy atom. The van der Waals surface area contributed by atoms with Gasteiger partial charge in [0.25, 0.3) is 0 Å². The molecule has 0 amide bonds. The molecule has 0 saturated heterocycles. The van der Waals surface area contributed by atoms with E-state index in [1.165, 1.54) is 49.0 Å². The molecule has 9 aromatic rings. The number of benzene rings is 6. The van der Waals surface area contributed by atoms with Crippen LogP contribution in [-0.4, -0.2) is 9.13 Å². The van der Waals surface area contributed by atoms with Gasteiger partial charge in [-0.15, -0.1) is 0 Å². The van der Waals surface area contributed by atoms with E-state index >= 15 is 0 Å². The highest BCUT2D eigenvalue weighted by molar-refractivity contribution is 6.31. The molecule has 3 nitrogen and oxygen atoms in total. The van der Waals surface area contributed by atoms with Gasteiger partial charge in [-0.3, -0.25) is 0 Å². The number of rotatable bonds is 2. The Labute approximate surface area is 223 Å². The molecule has 0 aliphatic rings. The minimum atomic E-state index is 0.916. The minimum absolute atomic E-state index is 0.916. The Kier molecular flexibility index (Phi) is 4.05. The summed E-state index contributed by atoms with van der Waals surface area (Å²) in [4.78, 5) is 0. The van der Waals surface area contributed by atoms with Gasteiger partial charge in [0, 0.05) is 43.7 Å². The molecule has 0 radical (unpaired) electrons. The number of aromatic nitrogens is 2. The largest absolute Gasteiger partial charge is 0.456 e. The highest BCUT2D eigenvalue weighted by Gasteiger charge is 2.23. The van der Waals surface area contributed by atoms with Crippen LogP contribution in [0.3, 0.4) is 0 Å². The zero-order valence-electron chi connectivity index (χ0n) is 21.0. The van der Waals surface area contributed by atoms with E-state index in [0.29, 0.717) is 0 Å². The van der Waals surface area contributed by atoms with E-state index in [1.807, 2.05) is 6.07 Å². The number of hydrogen-bond acceptors (Lipinski definition) is 1. The Bertz CT molecular complexity index is 2370. The van der Waals surface area contributed by atoms with Crippen molar-refractivity contribution >= 4 is 65.6 Å². The molecule has 0 bridgehead atoms. The van der Waals surface area contributed by atoms with E-state index < -0.39 is 0 Å². The van der Waals surface area contributed by atoms with Gasteiger partial charge in [0.1, 0.15) is 11.2 Å². The molecule has 0 atom stereocenters. The second kappa shape index (κ2) is 7.62. The first-order chi connectivity index (χ1) is 19.4. The molecule has 3 heterocycles. The van der Waals surface area contributed by atoms with Crippen LogP contribution >= 0.6 is 0 Å². The predicted molar refractivity (Wildman–Crippen MR) is 162 cm³/mol. The van der Waals surface area contributed by atoms with Gasteiger partial charge in [-0.1, -0.05) is 84.9 Å². The first kappa shape index (κ1) is 20.7. The summed E-state index contributed by atoms with van der Waals surface area (Å²) in [6, 6.07) is 47.5. The number of para-hydroxylation sites is 4.